The van der Waals surface area contributed by atoms with Crippen LogP contribution in [0.15, 0.2) is 0 Å². The van der Waals surface area contributed by atoms with Crippen LogP contribution in [0.4, 0.5) is 0 Å². The summed E-state index contributed by atoms with van der Waals surface area (Å²) in [7, 11) is -3.07. The number of nitrogens with one attached hydrogen (secondary N) is 1. The molecule has 1 N–H and O–H groups in total. The van der Waals surface area contributed by atoms with Crippen LogP contribution in [0.1, 0.15) is 27.2 Å². The fourth-order valence-corrected chi connectivity index (χ4v) is 1.14. The lowest BCUT2D eigenvalue weighted by molar-refractivity contribution is -0.154. The summed E-state index contributed by atoms with van der Waals surface area (Å²) >= 11 is 0. The minimum absolute atomic E-state index is 0.0741. The van der Waals surface area contributed by atoms with Crippen molar-refractivity contribution >= 4 is 15.8 Å². The second kappa shape index (κ2) is 5.46. The number of sulfone groups is 1. The molecule has 0 unspecified atom stereocenters. The molecule has 0 saturated carbocycles. The van der Waals surface area contributed by atoms with Crippen molar-refractivity contribution in [1.29, 1.82) is 0 Å². The van der Waals surface area contributed by atoms with Crippen LogP contribution in [0.2, 0.25) is 0 Å². The maximum Gasteiger partial charge on any atom is 0.312 e. The van der Waals surface area contributed by atoms with Gasteiger partial charge >= 0.3 is 5.97 Å². The Labute approximate surface area is 91.1 Å². The Morgan fingerprint density at radius 3 is 2.33 bits per heavy atom. The van der Waals surface area contributed by atoms with Crippen LogP contribution < -0.4 is 5.32 Å². The molecule has 0 radical (unpaired) electrons. The molecule has 15 heavy (non-hydrogen) atoms. The van der Waals surface area contributed by atoms with Gasteiger partial charge in [0.05, 0.1) is 5.41 Å². The molecule has 0 aliphatic carbocycles. The average Bonchev–Trinajstić information content (AvgIpc) is 2.10. The minimum atomic E-state index is -3.07. The molecule has 0 spiro atoms. The average molecular weight is 237 g/mol. The molecule has 0 aliphatic rings. The zero-order valence-electron chi connectivity index (χ0n) is 9.66. The maximum atomic E-state index is 11.4. The molecule has 0 heterocycles. The summed E-state index contributed by atoms with van der Waals surface area (Å²) in [5, 5.41) is 2.52. The molecule has 6 heteroatoms. The number of hydrogen-bond donors (Lipinski definition) is 1. The molecule has 0 fully saturated rings. The lowest BCUT2D eigenvalue weighted by Gasteiger charge is -2.20. The van der Waals surface area contributed by atoms with E-state index in [1.54, 1.807) is 13.8 Å². The van der Waals surface area contributed by atoms with Gasteiger partial charge in [-0.3, -0.25) is 10.1 Å². The normalized spacial score (nSPS) is 12.5. The fraction of sp³-hybridized carbons (Fsp3) is 0.889. The van der Waals surface area contributed by atoms with Crippen molar-refractivity contribution < 1.29 is 17.9 Å². The molecule has 0 aliphatic heterocycles. The van der Waals surface area contributed by atoms with Crippen LogP contribution in [-0.4, -0.2) is 33.3 Å². The Bertz CT molecular complexity index is 308. The Balaban J connectivity index is 3.84. The first-order valence-corrected chi connectivity index (χ1v) is 6.81. The van der Waals surface area contributed by atoms with Crippen molar-refractivity contribution in [1.82, 2.24) is 5.32 Å². The van der Waals surface area contributed by atoms with Crippen LogP contribution in [0, 0.1) is 5.41 Å². The summed E-state index contributed by atoms with van der Waals surface area (Å²) in [6.07, 6.45) is 1.79. The molecule has 0 aromatic rings. The van der Waals surface area contributed by atoms with Crippen molar-refractivity contribution in [2.24, 2.45) is 5.41 Å². The highest BCUT2D eigenvalue weighted by Crippen LogP contribution is 2.20. The molecular formula is C9H19NO4S. The Kier molecular flexibility index (Phi) is 5.23. The number of hydrogen-bond acceptors (Lipinski definition) is 5. The van der Waals surface area contributed by atoms with Gasteiger partial charge in [0.15, 0.2) is 9.84 Å². The van der Waals surface area contributed by atoms with E-state index >= 15 is 0 Å². The summed E-state index contributed by atoms with van der Waals surface area (Å²) in [4.78, 5) is 11.4. The number of carbonyl (C=O) groups is 1. The van der Waals surface area contributed by atoms with E-state index in [0.29, 0.717) is 6.42 Å². The van der Waals surface area contributed by atoms with Crippen LogP contribution in [0.5, 0.6) is 0 Å². The Morgan fingerprint density at radius 2 is 1.93 bits per heavy atom. The summed E-state index contributed by atoms with van der Waals surface area (Å²) in [5.74, 6) is -0.515. The topological polar surface area (TPSA) is 72.5 Å². The van der Waals surface area contributed by atoms with Gasteiger partial charge in [-0.2, -0.15) is 0 Å². The van der Waals surface area contributed by atoms with E-state index in [1.807, 2.05) is 6.92 Å². The second-order valence-electron chi connectivity index (χ2n) is 4.13. The number of carbonyl (C=O) groups excluding carboxylic acids is 1. The first-order chi connectivity index (χ1) is 6.69. The van der Waals surface area contributed by atoms with E-state index in [0.717, 1.165) is 6.26 Å². The van der Waals surface area contributed by atoms with Gasteiger partial charge in [-0.15, -0.1) is 0 Å². The van der Waals surface area contributed by atoms with Gasteiger partial charge in [0.25, 0.3) is 0 Å². The largest absolute Gasteiger partial charge is 0.449 e. The summed E-state index contributed by atoms with van der Waals surface area (Å²) in [5.41, 5.74) is -0.521. The quantitative estimate of drug-likeness (QED) is 0.414. The third kappa shape index (κ3) is 6.46. The van der Waals surface area contributed by atoms with Crippen molar-refractivity contribution in [3.8, 4) is 0 Å². The molecular weight excluding hydrogens is 218 g/mol. The second-order valence-corrected chi connectivity index (χ2v) is 6.27. The van der Waals surface area contributed by atoms with Gasteiger partial charge in [0.1, 0.15) is 12.6 Å². The molecule has 0 bridgehead atoms. The SMILES string of the molecule is CCC(C)(C)C(=O)OCNCS(C)(=O)=O. The Hall–Kier alpha value is -0.620. The number of rotatable bonds is 6. The molecule has 0 rings (SSSR count). The van der Waals surface area contributed by atoms with Gasteiger partial charge < -0.3 is 4.74 Å². The van der Waals surface area contributed by atoms with Crippen molar-refractivity contribution in [2.45, 2.75) is 27.2 Å². The highest BCUT2D eigenvalue weighted by atomic mass is 32.2. The van der Waals surface area contributed by atoms with E-state index in [2.05, 4.69) is 5.32 Å². The monoisotopic (exact) mass is 237 g/mol. The lowest BCUT2D eigenvalue weighted by atomic mass is 9.91. The first-order valence-electron chi connectivity index (χ1n) is 4.74. The molecule has 0 aromatic heterocycles. The number of ether oxygens (including phenoxy) is 1. The molecule has 0 amide bonds. The maximum absolute atomic E-state index is 11.4. The van der Waals surface area contributed by atoms with Crippen LogP contribution in [0.25, 0.3) is 0 Å². The first kappa shape index (κ1) is 14.4. The number of esters is 1. The molecule has 90 valence electrons. The molecule has 0 saturated heterocycles. The highest BCUT2D eigenvalue weighted by molar-refractivity contribution is 7.90. The van der Waals surface area contributed by atoms with Gasteiger partial charge in [0.2, 0.25) is 0 Å². The van der Waals surface area contributed by atoms with E-state index in [-0.39, 0.29) is 18.6 Å². The molecule has 0 atom stereocenters. The van der Waals surface area contributed by atoms with Gasteiger partial charge in [-0.05, 0) is 20.3 Å². The summed E-state index contributed by atoms with van der Waals surface area (Å²) in [6, 6.07) is 0. The van der Waals surface area contributed by atoms with Crippen LogP contribution in [-0.2, 0) is 19.4 Å². The predicted octanol–water partition coefficient (Wildman–Crippen LogP) is 0.515. The third-order valence-corrected chi connectivity index (χ3v) is 2.83. The van der Waals surface area contributed by atoms with E-state index in [9.17, 15) is 13.2 Å². The van der Waals surface area contributed by atoms with Crippen LogP contribution in [0.3, 0.4) is 0 Å². The summed E-state index contributed by atoms with van der Waals surface area (Å²) < 4.78 is 26.3. The zero-order valence-corrected chi connectivity index (χ0v) is 10.5. The van der Waals surface area contributed by atoms with Crippen LogP contribution >= 0.6 is 0 Å². The lowest BCUT2D eigenvalue weighted by Crippen LogP contribution is -2.32. The summed E-state index contributed by atoms with van der Waals surface area (Å²) in [6.45, 7) is 5.39. The van der Waals surface area contributed by atoms with Crippen molar-refractivity contribution in [2.75, 3.05) is 18.9 Å². The van der Waals surface area contributed by atoms with Crippen molar-refractivity contribution in [3.05, 3.63) is 0 Å². The van der Waals surface area contributed by atoms with E-state index in [4.69, 9.17) is 4.74 Å². The fourth-order valence-electron chi connectivity index (χ4n) is 0.683. The van der Waals surface area contributed by atoms with Gasteiger partial charge in [-0.25, -0.2) is 8.42 Å². The van der Waals surface area contributed by atoms with Crippen molar-refractivity contribution in [3.63, 3.8) is 0 Å². The molecule has 5 nitrogen and oxygen atoms in total. The molecule has 0 aromatic carbocycles. The van der Waals surface area contributed by atoms with E-state index in [1.165, 1.54) is 0 Å². The Morgan fingerprint density at radius 1 is 1.40 bits per heavy atom. The predicted molar refractivity (Wildman–Crippen MR) is 57.9 cm³/mol. The van der Waals surface area contributed by atoms with Gasteiger partial charge in [-0.1, -0.05) is 6.92 Å². The zero-order chi connectivity index (χ0) is 12.1. The third-order valence-electron chi connectivity index (χ3n) is 2.11. The highest BCUT2D eigenvalue weighted by Gasteiger charge is 2.26. The standard InChI is InChI=1S/C9H19NO4S/c1-5-9(2,3)8(11)14-6-10-7-15(4,12)13/h10H,5-7H2,1-4H3. The van der Waals surface area contributed by atoms with Gasteiger partial charge in [0, 0.05) is 6.26 Å². The smallest absolute Gasteiger partial charge is 0.312 e. The van der Waals surface area contributed by atoms with E-state index < -0.39 is 15.3 Å². The minimum Gasteiger partial charge on any atom is -0.449 e.